The molecular weight excluding hydrogens is 506 g/mol. The van der Waals surface area contributed by atoms with Gasteiger partial charge in [-0.05, 0) is 122 Å². The van der Waals surface area contributed by atoms with Gasteiger partial charge in [0.2, 0.25) is 0 Å². The van der Waals surface area contributed by atoms with Crippen LogP contribution in [0.2, 0.25) is 0 Å². The third-order valence-corrected chi connectivity index (χ3v) is 9.59. The Bertz CT molecular complexity index is 1130. The number of hydrogen-bond donors (Lipinski definition) is 0. The Kier molecular flexibility index (Phi) is 11.1. The maximum absolute atomic E-state index is 8.38. The van der Waals surface area contributed by atoms with Crippen LogP contribution in [0.25, 0.3) is 16.0 Å². The SMILES string of the molecule is CCCCCCCOc1ccc(C(=C2C3CC4CC(C3)CC2C4)c2ccc(OCCCCCCN=[N+]=[N-])cc2)cc1. The zero-order chi connectivity index (χ0) is 28.3. The van der Waals surface area contributed by atoms with Gasteiger partial charge in [-0.25, -0.2) is 0 Å². The average Bonchev–Trinajstić information content (AvgIpc) is 2.99. The van der Waals surface area contributed by atoms with Crippen molar-refractivity contribution in [3.63, 3.8) is 0 Å². The molecule has 0 unspecified atom stereocenters. The highest BCUT2D eigenvalue weighted by atomic mass is 16.5. The molecule has 0 radical (unpaired) electrons. The smallest absolute Gasteiger partial charge is 0.119 e. The number of azide groups is 1. The van der Waals surface area contributed by atoms with Gasteiger partial charge in [-0.15, -0.1) is 0 Å². The third kappa shape index (κ3) is 8.10. The van der Waals surface area contributed by atoms with E-state index in [0.29, 0.717) is 6.54 Å². The topological polar surface area (TPSA) is 67.2 Å². The molecule has 0 saturated heterocycles. The number of nitrogens with zero attached hydrogens (tertiary/aromatic N) is 3. The van der Waals surface area contributed by atoms with Crippen molar-refractivity contribution in [2.24, 2.45) is 28.8 Å². The maximum atomic E-state index is 8.38. The molecule has 5 heteroatoms. The first-order chi connectivity index (χ1) is 20.2. The van der Waals surface area contributed by atoms with E-state index in [1.807, 2.05) is 0 Å². The van der Waals surface area contributed by atoms with E-state index < -0.39 is 0 Å². The van der Waals surface area contributed by atoms with Gasteiger partial charge in [0.1, 0.15) is 11.5 Å². The van der Waals surface area contributed by atoms with Crippen LogP contribution in [-0.2, 0) is 0 Å². The number of ether oxygens (including phenoxy) is 2. The van der Waals surface area contributed by atoms with E-state index in [1.54, 1.807) is 5.57 Å². The van der Waals surface area contributed by atoms with Gasteiger partial charge < -0.3 is 9.47 Å². The summed E-state index contributed by atoms with van der Waals surface area (Å²) in [5, 5.41) is 3.61. The van der Waals surface area contributed by atoms with Crippen LogP contribution in [0.5, 0.6) is 11.5 Å². The second kappa shape index (κ2) is 15.4. The molecule has 4 aliphatic rings. The molecule has 5 nitrogen and oxygen atoms in total. The van der Waals surface area contributed by atoms with Crippen molar-refractivity contribution >= 4 is 5.57 Å². The Hall–Kier alpha value is -2.91. The Morgan fingerprint density at radius 3 is 1.66 bits per heavy atom. The molecular formula is C36H49N3O2. The molecule has 2 aromatic rings. The number of benzene rings is 2. The Morgan fingerprint density at radius 1 is 0.683 bits per heavy atom. The third-order valence-electron chi connectivity index (χ3n) is 9.59. The highest BCUT2D eigenvalue weighted by Crippen LogP contribution is 2.58. The molecule has 0 aromatic heterocycles. The molecule has 6 rings (SSSR count). The number of unbranched alkanes of at least 4 members (excludes halogenated alkanes) is 7. The van der Waals surface area contributed by atoms with E-state index in [9.17, 15) is 0 Å². The summed E-state index contributed by atoms with van der Waals surface area (Å²) < 4.78 is 12.2. The average molecular weight is 556 g/mol. The van der Waals surface area contributed by atoms with E-state index in [1.165, 1.54) is 74.5 Å². The highest BCUT2D eigenvalue weighted by Gasteiger charge is 2.46. The fraction of sp³-hybridized carbons (Fsp3) is 0.611. The van der Waals surface area contributed by atoms with Gasteiger partial charge >= 0.3 is 0 Å². The predicted molar refractivity (Wildman–Crippen MR) is 168 cm³/mol. The summed E-state index contributed by atoms with van der Waals surface area (Å²) in [5.74, 6) is 5.32. The first-order valence-corrected chi connectivity index (χ1v) is 16.5. The molecule has 4 bridgehead atoms. The maximum Gasteiger partial charge on any atom is 0.119 e. The lowest BCUT2D eigenvalue weighted by Gasteiger charge is -2.52. The van der Waals surface area contributed by atoms with Gasteiger partial charge in [0.05, 0.1) is 13.2 Å². The summed E-state index contributed by atoms with van der Waals surface area (Å²) in [6.45, 7) is 4.38. The second-order valence-corrected chi connectivity index (χ2v) is 12.7. The summed E-state index contributed by atoms with van der Waals surface area (Å²) in [4.78, 5) is 2.82. The van der Waals surface area contributed by atoms with Gasteiger partial charge in [0.25, 0.3) is 0 Å². The van der Waals surface area contributed by atoms with Crippen LogP contribution < -0.4 is 9.47 Å². The molecule has 0 aliphatic heterocycles. The van der Waals surface area contributed by atoms with E-state index in [2.05, 4.69) is 65.5 Å². The number of allylic oxidation sites excluding steroid dienone is 1. The van der Waals surface area contributed by atoms with Crippen molar-refractivity contribution in [1.82, 2.24) is 0 Å². The van der Waals surface area contributed by atoms with Crippen LogP contribution in [0.3, 0.4) is 0 Å². The molecule has 0 heterocycles. The summed E-state index contributed by atoms with van der Waals surface area (Å²) in [6, 6.07) is 17.8. The zero-order valence-corrected chi connectivity index (χ0v) is 25.1. The molecule has 0 amide bonds. The number of hydrogen-bond acceptors (Lipinski definition) is 3. The van der Waals surface area contributed by atoms with Crippen LogP contribution in [0.4, 0.5) is 0 Å². The Balaban J connectivity index is 1.26. The molecule has 0 spiro atoms. The summed E-state index contributed by atoms with van der Waals surface area (Å²) in [7, 11) is 0. The quantitative estimate of drug-likeness (QED) is 0.0843. The second-order valence-electron chi connectivity index (χ2n) is 12.7. The van der Waals surface area contributed by atoms with Crippen molar-refractivity contribution in [2.45, 2.75) is 96.8 Å². The van der Waals surface area contributed by atoms with Crippen LogP contribution in [0.15, 0.2) is 59.2 Å². The Labute approximate surface area is 247 Å². The van der Waals surface area contributed by atoms with Gasteiger partial charge in [0, 0.05) is 11.5 Å². The van der Waals surface area contributed by atoms with Gasteiger partial charge in [-0.1, -0.05) is 80.4 Å². The molecule has 41 heavy (non-hydrogen) atoms. The molecule has 2 aromatic carbocycles. The van der Waals surface area contributed by atoms with Crippen LogP contribution in [0, 0.1) is 23.7 Å². The zero-order valence-electron chi connectivity index (χ0n) is 25.1. The normalized spacial score (nSPS) is 22.4. The number of rotatable bonds is 17. The minimum absolute atomic E-state index is 0.592. The first-order valence-electron chi connectivity index (χ1n) is 16.5. The molecule has 0 N–H and O–H groups in total. The summed E-state index contributed by atoms with van der Waals surface area (Å²) >= 11 is 0. The summed E-state index contributed by atoms with van der Waals surface area (Å²) in [6.07, 6.45) is 17.4. The Morgan fingerprint density at radius 2 is 1.17 bits per heavy atom. The molecule has 4 aliphatic carbocycles. The molecule has 4 fully saturated rings. The van der Waals surface area contributed by atoms with Gasteiger partial charge in [-0.3, -0.25) is 0 Å². The standard InChI is InChI=1S/C36H49N3O2/c1-2-3-4-6-9-20-40-33-15-11-29(12-16-33)35(36-31-23-27-22-28(25-31)26-32(36)24-27)30-13-17-34(18-14-30)41-21-10-7-5-8-19-38-39-37/h11-18,27-28,31-32H,2-10,19-26H2,1H3. The highest BCUT2D eigenvalue weighted by molar-refractivity contribution is 5.83. The van der Waals surface area contributed by atoms with Crippen molar-refractivity contribution in [1.29, 1.82) is 0 Å². The minimum Gasteiger partial charge on any atom is -0.494 e. The van der Waals surface area contributed by atoms with E-state index in [-0.39, 0.29) is 0 Å². The summed E-state index contributed by atoms with van der Waals surface area (Å²) in [5.41, 5.74) is 14.2. The predicted octanol–water partition coefficient (Wildman–Crippen LogP) is 10.5. The van der Waals surface area contributed by atoms with Crippen LogP contribution in [-0.4, -0.2) is 19.8 Å². The minimum atomic E-state index is 0.592. The van der Waals surface area contributed by atoms with Crippen LogP contribution in [0.1, 0.15) is 108 Å². The van der Waals surface area contributed by atoms with E-state index in [0.717, 1.165) is 80.5 Å². The van der Waals surface area contributed by atoms with Gasteiger partial charge in [-0.2, -0.15) is 0 Å². The molecule has 220 valence electrons. The fourth-order valence-electron chi connectivity index (χ4n) is 7.80. The lowest BCUT2D eigenvalue weighted by molar-refractivity contribution is 0.0705. The van der Waals surface area contributed by atoms with Crippen molar-refractivity contribution in [3.8, 4) is 11.5 Å². The lowest BCUT2D eigenvalue weighted by atomic mass is 9.53. The van der Waals surface area contributed by atoms with Crippen molar-refractivity contribution < 1.29 is 9.47 Å². The lowest BCUT2D eigenvalue weighted by Crippen LogP contribution is -2.40. The molecule has 4 saturated carbocycles. The monoisotopic (exact) mass is 555 g/mol. The first kappa shape index (κ1) is 29.6. The molecule has 0 atom stereocenters. The van der Waals surface area contributed by atoms with Crippen LogP contribution >= 0.6 is 0 Å². The fourth-order valence-corrected chi connectivity index (χ4v) is 7.80. The largest absolute Gasteiger partial charge is 0.494 e. The van der Waals surface area contributed by atoms with Crippen molar-refractivity contribution in [3.05, 3.63) is 75.7 Å². The van der Waals surface area contributed by atoms with E-state index >= 15 is 0 Å². The van der Waals surface area contributed by atoms with Crippen molar-refractivity contribution in [2.75, 3.05) is 19.8 Å². The van der Waals surface area contributed by atoms with Gasteiger partial charge in [0.15, 0.2) is 0 Å². The van der Waals surface area contributed by atoms with E-state index in [4.69, 9.17) is 15.0 Å².